The van der Waals surface area contributed by atoms with E-state index in [0.717, 1.165) is 50.7 Å². The van der Waals surface area contributed by atoms with E-state index >= 15 is 0 Å². The van der Waals surface area contributed by atoms with Crippen molar-refractivity contribution in [2.24, 2.45) is 0 Å². The molecule has 5 rings (SSSR count). The van der Waals surface area contributed by atoms with Crippen LogP contribution in [-0.4, -0.2) is 36.1 Å². The first-order valence-electron chi connectivity index (χ1n) is 11.0. The summed E-state index contributed by atoms with van der Waals surface area (Å²) >= 11 is 0. The van der Waals surface area contributed by atoms with E-state index in [2.05, 4.69) is 44.5 Å². The summed E-state index contributed by atoms with van der Waals surface area (Å²) < 4.78 is 2.06. The number of aliphatic hydroxyl groups is 1. The minimum absolute atomic E-state index is 0.00379. The number of imidazole rings is 1. The van der Waals surface area contributed by atoms with Crippen molar-refractivity contribution < 1.29 is 5.11 Å². The summed E-state index contributed by atoms with van der Waals surface area (Å²) in [5.41, 5.74) is 8.77. The van der Waals surface area contributed by atoms with Gasteiger partial charge in [-0.05, 0) is 37.1 Å². The smallest absolute Gasteiger partial charge is 0.159 e. The van der Waals surface area contributed by atoms with Gasteiger partial charge in [0, 0.05) is 53.9 Å². The van der Waals surface area contributed by atoms with Gasteiger partial charge in [-0.1, -0.05) is 36.4 Å². The van der Waals surface area contributed by atoms with E-state index in [1.54, 1.807) is 12.4 Å². The third-order valence-electron chi connectivity index (χ3n) is 5.97. The van der Waals surface area contributed by atoms with Crippen LogP contribution in [-0.2, 0) is 6.42 Å². The van der Waals surface area contributed by atoms with E-state index in [1.165, 1.54) is 0 Å². The molecule has 0 spiro atoms. The molecule has 0 saturated carbocycles. The molecular weight excluding hydrogens is 410 g/mol. The van der Waals surface area contributed by atoms with Crippen molar-refractivity contribution in [2.75, 3.05) is 6.61 Å². The second kappa shape index (κ2) is 8.92. The molecule has 1 unspecified atom stereocenters. The summed E-state index contributed by atoms with van der Waals surface area (Å²) in [7, 11) is 0. The van der Waals surface area contributed by atoms with Gasteiger partial charge in [-0.2, -0.15) is 0 Å². The lowest BCUT2D eigenvalue weighted by molar-refractivity contribution is 0.263. The molecule has 0 aliphatic carbocycles. The van der Waals surface area contributed by atoms with E-state index in [1.807, 2.05) is 55.8 Å². The molecule has 0 aliphatic rings. The number of aliphatic hydroxyl groups excluding tert-OH is 1. The van der Waals surface area contributed by atoms with Crippen molar-refractivity contribution in [3.05, 3.63) is 102 Å². The molecular formula is C27H25N5O. The maximum Gasteiger partial charge on any atom is 0.159 e. The van der Waals surface area contributed by atoms with Gasteiger partial charge in [0.15, 0.2) is 5.65 Å². The monoisotopic (exact) mass is 435 g/mol. The fourth-order valence-electron chi connectivity index (χ4n) is 4.28. The number of benzene rings is 1. The van der Waals surface area contributed by atoms with Gasteiger partial charge in [-0.3, -0.25) is 19.4 Å². The molecule has 0 saturated heterocycles. The third-order valence-corrected chi connectivity index (χ3v) is 5.97. The molecule has 1 aromatic carbocycles. The summed E-state index contributed by atoms with van der Waals surface area (Å²) in [5, 5.41) is 10.2. The van der Waals surface area contributed by atoms with E-state index in [-0.39, 0.29) is 12.5 Å². The zero-order valence-electron chi connectivity index (χ0n) is 18.7. The number of rotatable bonds is 6. The summed E-state index contributed by atoms with van der Waals surface area (Å²) in [6.07, 6.45) is 9.83. The van der Waals surface area contributed by atoms with Gasteiger partial charge >= 0.3 is 0 Å². The molecule has 4 heterocycles. The summed E-state index contributed by atoms with van der Waals surface area (Å²) in [6.45, 7) is 4.03. The molecule has 0 radical (unpaired) electrons. The van der Waals surface area contributed by atoms with E-state index < -0.39 is 0 Å². The molecule has 5 aromatic rings. The molecule has 33 heavy (non-hydrogen) atoms. The zero-order chi connectivity index (χ0) is 22.8. The molecule has 0 bridgehead atoms. The van der Waals surface area contributed by atoms with Gasteiger partial charge in [0.05, 0.1) is 29.9 Å². The van der Waals surface area contributed by atoms with Gasteiger partial charge in [0.2, 0.25) is 0 Å². The van der Waals surface area contributed by atoms with Crippen LogP contribution >= 0.6 is 0 Å². The number of aromatic nitrogens is 5. The van der Waals surface area contributed by atoms with Gasteiger partial charge in [0.1, 0.15) is 0 Å². The van der Waals surface area contributed by atoms with Crippen molar-refractivity contribution in [3.63, 3.8) is 0 Å². The van der Waals surface area contributed by atoms with Crippen LogP contribution in [0.5, 0.6) is 0 Å². The number of fused-ring (bicyclic) bond motifs is 1. The fraction of sp³-hybridized carbons (Fsp3) is 0.185. The molecule has 6 heteroatoms. The van der Waals surface area contributed by atoms with Gasteiger partial charge in [0.25, 0.3) is 0 Å². The molecule has 6 nitrogen and oxygen atoms in total. The highest BCUT2D eigenvalue weighted by atomic mass is 16.3. The van der Waals surface area contributed by atoms with Crippen molar-refractivity contribution in [1.82, 2.24) is 24.3 Å². The minimum atomic E-state index is -0.125. The van der Waals surface area contributed by atoms with Gasteiger partial charge in [-0.25, -0.2) is 4.98 Å². The second-order valence-corrected chi connectivity index (χ2v) is 8.28. The lowest BCUT2D eigenvalue weighted by atomic mass is 9.94. The van der Waals surface area contributed by atoms with Crippen LogP contribution in [0.4, 0.5) is 0 Å². The van der Waals surface area contributed by atoms with Crippen molar-refractivity contribution in [3.8, 4) is 22.5 Å². The normalized spacial score (nSPS) is 12.2. The minimum Gasteiger partial charge on any atom is -0.396 e. The average molecular weight is 436 g/mol. The highest BCUT2D eigenvalue weighted by Crippen LogP contribution is 2.28. The largest absolute Gasteiger partial charge is 0.396 e. The maximum atomic E-state index is 10.2. The standard InChI is InChI=1S/C27H25N5O/c1-18-12-22(15-30-26(18)21-8-9-28-19(2)13-21)23(17-33)14-24-27-31-16-25(32(27)11-10-29-24)20-6-4-3-5-7-20/h3-13,15-16,23,33H,14,17H2,1-2H3. The van der Waals surface area contributed by atoms with E-state index in [4.69, 9.17) is 4.98 Å². The van der Waals surface area contributed by atoms with Crippen LogP contribution in [0.2, 0.25) is 0 Å². The summed E-state index contributed by atoms with van der Waals surface area (Å²) in [4.78, 5) is 18.3. The first-order chi connectivity index (χ1) is 16.1. The molecule has 164 valence electrons. The number of pyridine rings is 2. The second-order valence-electron chi connectivity index (χ2n) is 8.28. The lowest BCUT2D eigenvalue weighted by Gasteiger charge is -2.16. The Morgan fingerprint density at radius 2 is 1.73 bits per heavy atom. The summed E-state index contributed by atoms with van der Waals surface area (Å²) in [5.74, 6) is -0.125. The number of aryl methyl sites for hydroxylation is 2. The molecule has 4 aromatic heterocycles. The average Bonchev–Trinajstić information content (AvgIpc) is 3.28. The highest BCUT2D eigenvalue weighted by Gasteiger charge is 2.18. The SMILES string of the molecule is Cc1cc(-c2ncc(C(CO)Cc3nccn4c(-c5ccccc5)cnc34)cc2C)ccn1. The Morgan fingerprint density at radius 1 is 0.879 bits per heavy atom. The van der Waals surface area contributed by atoms with Crippen molar-refractivity contribution in [1.29, 1.82) is 0 Å². The molecule has 0 aliphatic heterocycles. The van der Waals surface area contributed by atoms with Crippen LogP contribution < -0.4 is 0 Å². The summed E-state index contributed by atoms with van der Waals surface area (Å²) in [6, 6.07) is 16.3. The Hall–Kier alpha value is -3.90. The van der Waals surface area contributed by atoms with Crippen LogP contribution in [0.15, 0.2) is 79.5 Å². The van der Waals surface area contributed by atoms with Crippen molar-refractivity contribution >= 4 is 5.65 Å². The molecule has 1 N–H and O–H groups in total. The number of hydrogen-bond acceptors (Lipinski definition) is 5. The third kappa shape index (κ3) is 4.13. The first kappa shape index (κ1) is 21.0. The van der Waals surface area contributed by atoms with Crippen LogP contribution in [0.1, 0.15) is 28.4 Å². The van der Waals surface area contributed by atoms with Crippen LogP contribution in [0, 0.1) is 13.8 Å². The van der Waals surface area contributed by atoms with E-state index in [9.17, 15) is 5.11 Å². The van der Waals surface area contributed by atoms with Crippen LogP contribution in [0.25, 0.3) is 28.2 Å². The molecule has 1 atom stereocenters. The predicted molar refractivity (Wildman–Crippen MR) is 129 cm³/mol. The maximum absolute atomic E-state index is 10.2. The number of hydrogen-bond donors (Lipinski definition) is 1. The van der Waals surface area contributed by atoms with Gasteiger partial charge in [-0.15, -0.1) is 0 Å². The first-order valence-corrected chi connectivity index (χ1v) is 11.0. The Morgan fingerprint density at radius 3 is 2.48 bits per heavy atom. The Labute approximate surface area is 192 Å². The van der Waals surface area contributed by atoms with Crippen molar-refractivity contribution in [2.45, 2.75) is 26.2 Å². The Balaban J connectivity index is 1.46. The van der Waals surface area contributed by atoms with Crippen LogP contribution in [0.3, 0.4) is 0 Å². The Bertz CT molecular complexity index is 1410. The Kier molecular flexibility index (Phi) is 5.67. The van der Waals surface area contributed by atoms with Gasteiger partial charge < -0.3 is 5.11 Å². The fourth-order valence-corrected chi connectivity index (χ4v) is 4.28. The van der Waals surface area contributed by atoms with E-state index in [0.29, 0.717) is 6.42 Å². The molecule has 0 fully saturated rings. The topological polar surface area (TPSA) is 76.2 Å². The highest BCUT2D eigenvalue weighted by molar-refractivity contribution is 5.65. The predicted octanol–water partition coefficient (Wildman–Crippen LogP) is 4.79. The lowest BCUT2D eigenvalue weighted by Crippen LogP contribution is -2.11. The zero-order valence-corrected chi connectivity index (χ0v) is 18.7. The quantitative estimate of drug-likeness (QED) is 0.415. The molecule has 0 amide bonds. The number of nitrogens with zero attached hydrogens (tertiary/aromatic N) is 5.